The van der Waals surface area contributed by atoms with Crippen LogP contribution in [-0.4, -0.2) is 11.3 Å². The minimum absolute atomic E-state index is 0.111. The van der Waals surface area contributed by atoms with Crippen LogP contribution in [0.25, 0.3) is 0 Å². The van der Waals surface area contributed by atoms with Crippen LogP contribution in [0.4, 0.5) is 5.69 Å². The minimum atomic E-state index is -0.111. The molecule has 0 atom stereocenters. The standard InChI is InChI=1S/C20H25NO/c1-13-7-8-15(3)16(9-13)12-21-18-11-14(2)10-17(19(18)22)20(4,5)6/h7-12,22H,1-6H3/b21-12-. The molecule has 22 heavy (non-hydrogen) atoms. The fourth-order valence-corrected chi connectivity index (χ4v) is 2.47. The zero-order valence-corrected chi connectivity index (χ0v) is 14.4. The van der Waals surface area contributed by atoms with Crippen molar-refractivity contribution in [1.29, 1.82) is 0 Å². The smallest absolute Gasteiger partial charge is 0.144 e. The van der Waals surface area contributed by atoms with Gasteiger partial charge in [-0.1, -0.05) is 50.6 Å². The zero-order valence-electron chi connectivity index (χ0n) is 14.4. The fraction of sp³-hybridized carbons (Fsp3) is 0.350. The maximum absolute atomic E-state index is 10.5. The average Bonchev–Trinajstić information content (AvgIpc) is 2.41. The van der Waals surface area contributed by atoms with Crippen LogP contribution >= 0.6 is 0 Å². The van der Waals surface area contributed by atoms with E-state index in [1.807, 2.05) is 25.3 Å². The third-order valence-electron chi connectivity index (χ3n) is 3.82. The molecular weight excluding hydrogens is 270 g/mol. The van der Waals surface area contributed by atoms with Gasteiger partial charge in [0.25, 0.3) is 0 Å². The van der Waals surface area contributed by atoms with Gasteiger partial charge < -0.3 is 5.11 Å². The summed E-state index contributed by atoms with van der Waals surface area (Å²) in [4.78, 5) is 4.54. The highest BCUT2D eigenvalue weighted by molar-refractivity contribution is 5.85. The van der Waals surface area contributed by atoms with Crippen molar-refractivity contribution in [3.8, 4) is 5.75 Å². The Bertz CT molecular complexity index is 721. The Kier molecular flexibility index (Phi) is 4.41. The normalized spacial score (nSPS) is 12.1. The molecule has 0 fully saturated rings. The van der Waals surface area contributed by atoms with E-state index in [0.717, 1.165) is 16.7 Å². The second kappa shape index (κ2) is 5.96. The number of hydrogen-bond acceptors (Lipinski definition) is 2. The number of rotatable bonds is 2. The van der Waals surface area contributed by atoms with Gasteiger partial charge >= 0.3 is 0 Å². The van der Waals surface area contributed by atoms with Crippen LogP contribution in [-0.2, 0) is 5.41 Å². The molecule has 0 spiro atoms. The number of nitrogens with zero attached hydrogens (tertiary/aromatic N) is 1. The molecule has 0 aliphatic carbocycles. The van der Waals surface area contributed by atoms with Gasteiger partial charge in [-0.25, -0.2) is 0 Å². The van der Waals surface area contributed by atoms with Crippen LogP contribution in [0.1, 0.15) is 48.6 Å². The lowest BCUT2D eigenvalue weighted by Crippen LogP contribution is -2.11. The highest BCUT2D eigenvalue weighted by Gasteiger charge is 2.20. The quantitative estimate of drug-likeness (QED) is 0.743. The van der Waals surface area contributed by atoms with Crippen LogP contribution < -0.4 is 0 Å². The molecule has 0 aromatic heterocycles. The van der Waals surface area contributed by atoms with Crippen molar-refractivity contribution in [2.75, 3.05) is 0 Å². The highest BCUT2D eigenvalue weighted by Crippen LogP contribution is 2.38. The van der Waals surface area contributed by atoms with Crippen LogP contribution in [0.15, 0.2) is 35.3 Å². The van der Waals surface area contributed by atoms with E-state index in [1.165, 1.54) is 11.1 Å². The highest BCUT2D eigenvalue weighted by atomic mass is 16.3. The number of benzene rings is 2. The third-order valence-corrected chi connectivity index (χ3v) is 3.82. The zero-order chi connectivity index (χ0) is 16.5. The lowest BCUT2D eigenvalue weighted by atomic mass is 9.85. The molecule has 2 rings (SSSR count). The van der Waals surface area contributed by atoms with E-state index < -0.39 is 0 Å². The van der Waals surface area contributed by atoms with Gasteiger partial charge in [0, 0.05) is 11.8 Å². The van der Waals surface area contributed by atoms with E-state index in [9.17, 15) is 5.11 Å². The molecule has 0 radical (unpaired) electrons. The second-order valence-corrected chi connectivity index (χ2v) is 7.05. The van der Waals surface area contributed by atoms with Gasteiger partial charge in [0.1, 0.15) is 11.4 Å². The Balaban J connectivity index is 2.48. The molecule has 0 amide bonds. The lowest BCUT2D eigenvalue weighted by Gasteiger charge is -2.21. The van der Waals surface area contributed by atoms with Crippen molar-refractivity contribution < 1.29 is 5.11 Å². The number of hydrogen-bond donors (Lipinski definition) is 1. The Hall–Kier alpha value is -2.09. The molecule has 0 bridgehead atoms. The molecule has 0 aliphatic rings. The van der Waals surface area contributed by atoms with Crippen molar-refractivity contribution >= 4 is 11.9 Å². The van der Waals surface area contributed by atoms with E-state index in [0.29, 0.717) is 5.69 Å². The number of aliphatic imine (C=N–C) groups is 1. The molecule has 116 valence electrons. The second-order valence-electron chi connectivity index (χ2n) is 7.05. The van der Waals surface area contributed by atoms with Crippen molar-refractivity contribution in [3.05, 3.63) is 58.1 Å². The monoisotopic (exact) mass is 295 g/mol. The largest absolute Gasteiger partial charge is 0.505 e. The summed E-state index contributed by atoms with van der Waals surface area (Å²) < 4.78 is 0. The van der Waals surface area contributed by atoms with Gasteiger partial charge in [0.05, 0.1) is 0 Å². The van der Waals surface area contributed by atoms with E-state index >= 15 is 0 Å². The molecule has 1 N–H and O–H groups in total. The molecule has 0 unspecified atom stereocenters. The third kappa shape index (κ3) is 3.56. The van der Waals surface area contributed by atoms with Crippen LogP contribution in [0, 0.1) is 20.8 Å². The summed E-state index contributed by atoms with van der Waals surface area (Å²) in [5.74, 6) is 0.277. The van der Waals surface area contributed by atoms with Gasteiger partial charge in [-0.05, 0) is 48.9 Å². The maximum atomic E-state index is 10.5. The average molecular weight is 295 g/mol. The Morgan fingerprint density at radius 3 is 2.27 bits per heavy atom. The predicted octanol–water partition coefficient (Wildman–Crippen LogP) is 5.37. The van der Waals surface area contributed by atoms with Crippen molar-refractivity contribution in [1.82, 2.24) is 0 Å². The van der Waals surface area contributed by atoms with Crippen LogP contribution in [0.5, 0.6) is 5.75 Å². The summed E-state index contributed by atoms with van der Waals surface area (Å²) in [6, 6.07) is 10.2. The summed E-state index contributed by atoms with van der Waals surface area (Å²) in [5, 5.41) is 10.5. The van der Waals surface area contributed by atoms with E-state index in [2.05, 4.69) is 57.8 Å². The molecule has 0 heterocycles. The van der Waals surface area contributed by atoms with Gasteiger partial charge in [-0.2, -0.15) is 0 Å². The summed E-state index contributed by atoms with van der Waals surface area (Å²) in [6.45, 7) is 12.5. The Morgan fingerprint density at radius 2 is 1.64 bits per heavy atom. The molecular formula is C20H25NO. The van der Waals surface area contributed by atoms with E-state index in [-0.39, 0.29) is 11.2 Å². The Labute approximate surface area is 133 Å². The molecule has 2 nitrogen and oxygen atoms in total. The first-order chi connectivity index (χ1) is 10.2. The van der Waals surface area contributed by atoms with Crippen molar-refractivity contribution in [2.24, 2.45) is 4.99 Å². The lowest BCUT2D eigenvalue weighted by molar-refractivity contribution is 0.448. The van der Waals surface area contributed by atoms with Crippen LogP contribution in [0.2, 0.25) is 0 Å². The number of phenols is 1. The number of phenolic OH excluding ortho intramolecular Hbond substituents is 1. The summed E-state index contributed by atoms with van der Waals surface area (Å²) >= 11 is 0. The van der Waals surface area contributed by atoms with Gasteiger partial charge in [0.15, 0.2) is 0 Å². The SMILES string of the molecule is Cc1ccc(C)c(/C=N\c2cc(C)cc(C(C)(C)C)c2O)c1. The summed E-state index contributed by atoms with van der Waals surface area (Å²) in [7, 11) is 0. The molecule has 0 saturated heterocycles. The van der Waals surface area contributed by atoms with Crippen molar-refractivity contribution in [2.45, 2.75) is 47.0 Å². The molecule has 2 aromatic rings. The first kappa shape index (κ1) is 16.3. The van der Waals surface area contributed by atoms with Crippen LogP contribution in [0.3, 0.4) is 0 Å². The minimum Gasteiger partial charge on any atom is -0.505 e. The van der Waals surface area contributed by atoms with Gasteiger partial charge in [0.2, 0.25) is 0 Å². The molecule has 0 aliphatic heterocycles. The van der Waals surface area contributed by atoms with E-state index in [1.54, 1.807) is 0 Å². The van der Waals surface area contributed by atoms with Gasteiger partial charge in [-0.3, -0.25) is 4.99 Å². The van der Waals surface area contributed by atoms with Gasteiger partial charge in [-0.15, -0.1) is 0 Å². The Morgan fingerprint density at radius 1 is 0.955 bits per heavy atom. The number of aromatic hydroxyl groups is 1. The molecule has 2 aromatic carbocycles. The summed E-state index contributed by atoms with van der Waals surface area (Å²) in [6.07, 6.45) is 1.84. The topological polar surface area (TPSA) is 32.6 Å². The van der Waals surface area contributed by atoms with Crippen molar-refractivity contribution in [3.63, 3.8) is 0 Å². The first-order valence-corrected chi connectivity index (χ1v) is 7.64. The number of aryl methyl sites for hydroxylation is 3. The fourth-order valence-electron chi connectivity index (χ4n) is 2.47. The molecule has 0 saturated carbocycles. The summed E-state index contributed by atoms with van der Waals surface area (Å²) in [5.41, 5.74) is 6.02. The molecule has 2 heteroatoms. The maximum Gasteiger partial charge on any atom is 0.144 e. The predicted molar refractivity (Wildman–Crippen MR) is 94.7 cm³/mol. The first-order valence-electron chi connectivity index (χ1n) is 7.64. The van der Waals surface area contributed by atoms with E-state index in [4.69, 9.17) is 0 Å².